The monoisotopic (exact) mass is 395 g/mol. The van der Waals surface area contributed by atoms with Crippen molar-refractivity contribution in [3.8, 4) is 5.75 Å². The van der Waals surface area contributed by atoms with E-state index in [-0.39, 0.29) is 4.90 Å². The van der Waals surface area contributed by atoms with Gasteiger partial charge in [0.1, 0.15) is 10.6 Å². The maximum atomic E-state index is 13.1. The molecule has 0 spiro atoms. The Morgan fingerprint density at radius 2 is 1.87 bits per heavy atom. The molecule has 0 aromatic heterocycles. The van der Waals surface area contributed by atoms with Gasteiger partial charge < -0.3 is 4.74 Å². The van der Waals surface area contributed by atoms with Crippen LogP contribution in [-0.4, -0.2) is 26.4 Å². The molecule has 6 heteroatoms. The molecule has 0 bridgehead atoms. The molecule has 0 unspecified atom stereocenters. The SMILES string of the molecule is COc1cc(C)c(Br)cc1S(=O)(=O)N1CCc2ccccc2C1. The van der Waals surface area contributed by atoms with Gasteiger partial charge in [0, 0.05) is 17.6 Å². The van der Waals surface area contributed by atoms with Crippen molar-refractivity contribution in [2.45, 2.75) is 24.8 Å². The van der Waals surface area contributed by atoms with Crippen molar-refractivity contribution in [1.82, 2.24) is 4.31 Å². The number of rotatable bonds is 3. The number of hydrogen-bond donors (Lipinski definition) is 0. The summed E-state index contributed by atoms with van der Waals surface area (Å²) in [5.41, 5.74) is 3.22. The summed E-state index contributed by atoms with van der Waals surface area (Å²) in [6.45, 7) is 2.78. The van der Waals surface area contributed by atoms with E-state index in [2.05, 4.69) is 22.0 Å². The first-order valence-electron chi connectivity index (χ1n) is 7.34. The normalized spacial score (nSPS) is 15.3. The Hall–Kier alpha value is -1.37. The summed E-state index contributed by atoms with van der Waals surface area (Å²) in [4.78, 5) is 0.205. The quantitative estimate of drug-likeness (QED) is 0.798. The second-order valence-electron chi connectivity index (χ2n) is 5.61. The Labute approximate surface area is 145 Å². The molecule has 0 fully saturated rings. The maximum Gasteiger partial charge on any atom is 0.247 e. The molecular weight excluding hydrogens is 378 g/mol. The molecule has 3 rings (SSSR count). The van der Waals surface area contributed by atoms with E-state index in [1.165, 1.54) is 17.0 Å². The Morgan fingerprint density at radius 3 is 2.57 bits per heavy atom. The first kappa shape index (κ1) is 16.5. The van der Waals surface area contributed by atoms with E-state index >= 15 is 0 Å². The van der Waals surface area contributed by atoms with Crippen LogP contribution in [0.25, 0.3) is 0 Å². The van der Waals surface area contributed by atoms with Gasteiger partial charge in [0.05, 0.1) is 7.11 Å². The Kier molecular flexibility index (Phi) is 4.49. The number of methoxy groups -OCH3 is 1. The highest BCUT2D eigenvalue weighted by molar-refractivity contribution is 9.10. The molecule has 23 heavy (non-hydrogen) atoms. The molecule has 0 atom stereocenters. The zero-order chi connectivity index (χ0) is 16.6. The van der Waals surface area contributed by atoms with Gasteiger partial charge in [0.15, 0.2) is 0 Å². The fourth-order valence-corrected chi connectivity index (χ4v) is 4.89. The number of sulfonamides is 1. The van der Waals surface area contributed by atoms with Crippen LogP contribution in [0.1, 0.15) is 16.7 Å². The van der Waals surface area contributed by atoms with Crippen LogP contribution >= 0.6 is 15.9 Å². The number of benzene rings is 2. The van der Waals surface area contributed by atoms with Gasteiger partial charge in [-0.25, -0.2) is 8.42 Å². The van der Waals surface area contributed by atoms with Crippen molar-refractivity contribution < 1.29 is 13.2 Å². The lowest BCUT2D eigenvalue weighted by atomic mass is 10.0. The van der Waals surface area contributed by atoms with Crippen LogP contribution in [0.4, 0.5) is 0 Å². The largest absolute Gasteiger partial charge is 0.495 e. The van der Waals surface area contributed by atoms with Crippen molar-refractivity contribution >= 4 is 26.0 Å². The van der Waals surface area contributed by atoms with Crippen LogP contribution in [0, 0.1) is 6.92 Å². The molecule has 0 saturated heterocycles. The minimum Gasteiger partial charge on any atom is -0.495 e. The van der Waals surface area contributed by atoms with E-state index in [4.69, 9.17) is 4.74 Å². The number of nitrogens with zero attached hydrogens (tertiary/aromatic N) is 1. The van der Waals surface area contributed by atoms with Gasteiger partial charge in [-0.05, 0) is 42.2 Å². The molecule has 0 amide bonds. The minimum absolute atomic E-state index is 0.205. The average Bonchev–Trinajstić information content (AvgIpc) is 2.56. The fourth-order valence-electron chi connectivity index (χ4n) is 2.81. The van der Waals surface area contributed by atoms with Crippen molar-refractivity contribution in [3.05, 3.63) is 57.6 Å². The summed E-state index contributed by atoms with van der Waals surface area (Å²) in [5.74, 6) is 0.379. The first-order valence-corrected chi connectivity index (χ1v) is 9.58. The van der Waals surface area contributed by atoms with Crippen LogP contribution in [0.2, 0.25) is 0 Å². The second kappa shape index (κ2) is 6.26. The molecule has 0 radical (unpaired) electrons. The standard InChI is InChI=1S/C17H18BrNO3S/c1-12-9-16(22-2)17(10-15(12)18)23(20,21)19-8-7-13-5-3-4-6-14(13)11-19/h3-6,9-10H,7-8,11H2,1-2H3. The molecule has 1 heterocycles. The summed E-state index contributed by atoms with van der Waals surface area (Å²) < 4.78 is 33.7. The highest BCUT2D eigenvalue weighted by Gasteiger charge is 2.31. The number of hydrogen-bond acceptors (Lipinski definition) is 3. The molecule has 4 nitrogen and oxygen atoms in total. The molecule has 2 aromatic carbocycles. The fraction of sp³-hybridized carbons (Fsp3) is 0.294. The lowest BCUT2D eigenvalue weighted by Crippen LogP contribution is -2.36. The van der Waals surface area contributed by atoms with Crippen molar-refractivity contribution in [1.29, 1.82) is 0 Å². The zero-order valence-corrected chi connectivity index (χ0v) is 15.4. The Balaban J connectivity index is 2.02. The third kappa shape index (κ3) is 3.03. The molecule has 122 valence electrons. The summed E-state index contributed by atoms with van der Waals surface area (Å²) >= 11 is 3.41. The van der Waals surface area contributed by atoms with Crippen molar-refractivity contribution in [2.24, 2.45) is 0 Å². The van der Waals surface area contributed by atoms with Gasteiger partial charge in [-0.2, -0.15) is 4.31 Å². The number of ether oxygens (including phenoxy) is 1. The van der Waals surface area contributed by atoms with Gasteiger partial charge in [-0.1, -0.05) is 40.2 Å². The third-order valence-electron chi connectivity index (χ3n) is 4.16. The first-order chi connectivity index (χ1) is 10.9. The van der Waals surface area contributed by atoms with Crippen LogP contribution in [0.15, 0.2) is 45.8 Å². The number of halogens is 1. The number of fused-ring (bicyclic) bond motifs is 1. The summed E-state index contributed by atoms with van der Waals surface area (Å²) in [6, 6.07) is 11.3. The van der Waals surface area contributed by atoms with Crippen LogP contribution in [0.5, 0.6) is 5.75 Å². The van der Waals surface area contributed by atoms with E-state index in [1.54, 1.807) is 12.1 Å². The number of aryl methyl sites for hydroxylation is 1. The van der Waals surface area contributed by atoms with Gasteiger partial charge in [0.25, 0.3) is 0 Å². The van der Waals surface area contributed by atoms with E-state index in [0.717, 1.165) is 22.0 Å². The molecule has 1 aliphatic heterocycles. The lowest BCUT2D eigenvalue weighted by molar-refractivity contribution is 0.377. The maximum absolute atomic E-state index is 13.1. The molecule has 0 aliphatic carbocycles. The molecule has 0 saturated carbocycles. The topological polar surface area (TPSA) is 46.6 Å². The predicted molar refractivity (Wildman–Crippen MR) is 93.2 cm³/mol. The van der Waals surface area contributed by atoms with E-state index in [1.807, 2.05) is 25.1 Å². The molecule has 0 N–H and O–H groups in total. The summed E-state index contributed by atoms with van der Waals surface area (Å²) in [5, 5.41) is 0. The van der Waals surface area contributed by atoms with E-state index in [9.17, 15) is 8.42 Å². The lowest BCUT2D eigenvalue weighted by Gasteiger charge is -2.28. The van der Waals surface area contributed by atoms with Gasteiger partial charge in [-0.3, -0.25) is 0 Å². The van der Waals surface area contributed by atoms with Gasteiger partial charge >= 0.3 is 0 Å². The molecule has 2 aromatic rings. The van der Waals surface area contributed by atoms with Crippen molar-refractivity contribution in [3.63, 3.8) is 0 Å². The average molecular weight is 396 g/mol. The van der Waals surface area contributed by atoms with E-state index in [0.29, 0.717) is 18.8 Å². The highest BCUT2D eigenvalue weighted by atomic mass is 79.9. The minimum atomic E-state index is -3.61. The third-order valence-corrected chi connectivity index (χ3v) is 6.88. The predicted octanol–water partition coefficient (Wildman–Crippen LogP) is 3.51. The van der Waals surface area contributed by atoms with Crippen LogP contribution < -0.4 is 4.74 Å². The second-order valence-corrected chi connectivity index (χ2v) is 8.37. The Morgan fingerprint density at radius 1 is 1.17 bits per heavy atom. The van der Waals surface area contributed by atoms with Gasteiger partial charge in [0.2, 0.25) is 10.0 Å². The smallest absolute Gasteiger partial charge is 0.247 e. The molecular formula is C17H18BrNO3S. The molecule has 1 aliphatic rings. The highest BCUT2D eigenvalue weighted by Crippen LogP contribution is 2.34. The van der Waals surface area contributed by atoms with E-state index < -0.39 is 10.0 Å². The van der Waals surface area contributed by atoms with Crippen LogP contribution in [0.3, 0.4) is 0 Å². The Bertz CT molecular complexity index is 849. The van der Waals surface area contributed by atoms with Crippen LogP contribution in [-0.2, 0) is 23.0 Å². The summed E-state index contributed by atoms with van der Waals surface area (Å²) in [7, 11) is -2.12. The van der Waals surface area contributed by atoms with Crippen molar-refractivity contribution in [2.75, 3.05) is 13.7 Å². The summed E-state index contributed by atoms with van der Waals surface area (Å²) in [6.07, 6.45) is 0.727. The zero-order valence-electron chi connectivity index (χ0n) is 13.0. The van der Waals surface area contributed by atoms with Gasteiger partial charge in [-0.15, -0.1) is 0 Å².